The van der Waals surface area contributed by atoms with Crippen molar-refractivity contribution in [3.8, 4) is 16.9 Å². The summed E-state index contributed by atoms with van der Waals surface area (Å²) in [6.07, 6.45) is 3.93. The molecule has 6 heteroatoms. The molecule has 2 aromatic carbocycles. The highest BCUT2D eigenvalue weighted by Gasteiger charge is 2.27. The van der Waals surface area contributed by atoms with Gasteiger partial charge in [-0.15, -0.1) is 0 Å². The van der Waals surface area contributed by atoms with Gasteiger partial charge in [0.25, 0.3) is 5.56 Å². The molecular weight excluding hydrogens is 386 g/mol. The maximum absolute atomic E-state index is 12.7. The third-order valence-electron chi connectivity index (χ3n) is 5.63. The second kappa shape index (κ2) is 6.78. The average Bonchev–Trinajstić information content (AvgIpc) is 3.50. The standard InChI is InChI=1S/C23H20ClN3O2/c1-2-26-20-10-9-17(11-19(20)18(12-22(26)28)14-3-4-14)27-21(13-25-23(27)29)15-5-7-16(24)8-6-15/h5-14H,2-4H2,1H3,(H,25,29). The lowest BCUT2D eigenvalue weighted by atomic mass is 10.0. The second-order valence-electron chi connectivity index (χ2n) is 7.48. The Kier molecular flexibility index (Phi) is 4.21. The quantitative estimate of drug-likeness (QED) is 0.535. The number of aromatic nitrogens is 3. The smallest absolute Gasteiger partial charge is 0.312 e. The molecule has 1 fully saturated rings. The van der Waals surface area contributed by atoms with Crippen molar-refractivity contribution in [2.45, 2.75) is 32.2 Å². The lowest BCUT2D eigenvalue weighted by molar-refractivity contribution is 0.756. The first kappa shape index (κ1) is 18.0. The number of aryl methyl sites for hydroxylation is 1. The van der Waals surface area contributed by atoms with Crippen LogP contribution in [0.15, 0.2) is 64.3 Å². The number of hydrogen-bond donors (Lipinski definition) is 1. The van der Waals surface area contributed by atoms with Crippen LogP contribution in [0.1, 0.15) is 31.2 Å². The van der Waals surface area contributed by atoms with Crippen LogP contribution >= 0.6 is 11.6 Å². The van der Waals surface area contributed by atoms with E-state index in [2.05, 4.69) is 4.98 Å². The topological polar surface area (TPSA) is 59.8 Å². The van der Waals surface area contributed by atoms with Gasteiger partial charge in [-0.1, -0.05) is 23.7 Å². The van der Waals surface area contributed by atoms with Gasteiger partial charge in [-0.25, -0.2) is 4.79 Å². The molecule has 1 aliphatic carbocycles. The number of rotatable bonds is 4. The van der Waals surface area contributed by atoms with Crippen molar-refractivity contribution < 1.29 is 0 Å². The van der Waals surface area contributed by atoms with Crippen LogP contribution in [-0.4, -0.2) is 14.1 Å². The molecule has 1 N–H and O–H groups in total. The van der Waals surface area contributed by atoms with E-state index in [9.17, 15) is 9.59 Å². The fourth-order valence-electron chi connectivity index (χ4n) is 4.05. The summed E-state index contributed by atoms with van der Waals surface area (Å²) < 4.78 is 3.45. The monoisotopic (exact) mass is 405 g/mol. The maximum atomic E-state index is 12.7. The number of H-pyrrole nitrogens is 1. The van der Waals surface area contributed by atoms with Gasteiger partial charge in [0.15, 0.2) is 0 Å². The van der Waals surface area contributed by atoms with Gasteiger partial charge in [0, 0.05) is 34.8 Å². The van der Waals surface area contributed by atoms with Crippen molar-refractivity contribution in [3.05, 3.63) is 86.2 Å². The minimum atomic E-state index is -0.203. The summed E-state index contributed by atoms with van der Waals surface area (Å²) in [4.78, 5) is 28.0. The Morgan fingerprint density at radius 3 is 2.52 bits per heavy atom. The van der Waals surface area contributed by atoms with E-state index >= 15 is 0 Å². The molecule has 5 nitrogen and oxygen atoms in total. The number of aromatic amines is 1. The maximum Gasteiger partial charge on any atom is 0.330 e. The molecule has 0 radical (unpaired) electrons. The molecule has 0 spiro atoms. The number of nitrogens with one attached hydrogen (secondary N) is 1. The van der Waals surface area contributed by atoms with E-state index in [-0.39, 0.29) is 11.2 Å². The van der Waals surface area contributed by atoms with E-state index in [1.54, 1.807) is 21.4 Å². The zero-order valence-corrected chi connectivity index (χ0v) is 16.7. The summed E-state index contributed by atoms with van der Waals surface area (Å²) in [5, 5.41) is 1.69. The van der Waals surface area contributed by atoms with Crippen LogP contribution in [0.5, 0.6) is 0 Å². The van der Waals surface area contributed by atoms with Gasteiger partial charge < -0.3 is 9.55 Å². The first-order chi connectivity index (χ1) is 14.1. The predicted octanol–water partition coefficient (Wildman–Crippen LogP) is 4.70. The number of pyridine rings is 1. The van der Waals surface area contributed by atoms with E-state index in [0.29, 0.717) is 17.5 Å². The highest BCUT2D eigenvalue weighted by Crippen LogP contribution is 2.42. The van der Waals surface area contributed by atoms with E-state index in [0.717, 1.165) is 46.3 Å². The van der Waals surface area contributed by atoms with Gasteiger partial charge in [0.05, 0.1) is 16.9 Å². The molecule has 0 bridgehead atoms. The van der Waals surface area contributed by atoms with Crippen LogP contribution in [0.2, 0.25) is 5.02 Å². The molecule has 2 aromatic heterocycles. The van der Waals surface area contributed by atoms with Gasteiger partial charge in [0.1, 0.15) is 0 Å². The molecule has 0 amide bonds. The van der Waals surface area contributed by atoms with E-state index in [1.807, 2.05) is 49.4 Å². The SMILES string of the molecule is CCn1c(=O)cc(C2CC2)c2cc(-n3c(-c4ccc(Cl)cc4)c[nH]c3=O)ccc21. The zero-order chi connectivity index (χ0) is 20.1. The number of halogens is 1. The molecule has 0 saturated heterocycles. The summed E-state index contributed by atoms with van der Waals surface area (Å²) in [5.74, 6) is 0.436. The van der Waals surface area contributed by atoms with E-state index < -0.39 is 0 Å². The molecule has 5 rings (SSSR count). The van der Waals surface area contributed by atoms with Crippen molar-refractivity contribution in [1.82, 2.24) is 14.1 Å². The van der Waals surface area contributed by atoms with Gasteiger partial charge in [-0.05, 0) is 61.6 Å². The van der Waals surface area contributed by atoms with Crippen molar-refractivity contribution in [3.63, 3.8) is 0 Å². The second-order valence-corrected chi connectivity index (χ2v) is 7.92. The zero-order valence-electron chi connectivity index (χ0n) is 16.0. The third-order valence-corrected chi connectivity index (χ3v) is 5.89. The number of hydrogen-bond acceptors (Lipinski definition) is 2. The third kappa shape index (κ3) is 3.02. The number of imidazole rings is 1. The minimum absolute atomic E-state index is 0.0373. The molecule has 1 saturated carbocycles. The van der Waals surface area contributed by atoms with Crippen molar-refractivity contribution in [1.29, 1.82) is 0 Å². The Balaban J connectivity index is 1.75. The molecule has 0 atom stereocenters. The van der Waals surface area contributed by atoms with Crippen LogP contribution < -0.4 is 11.2 Å². The number of fused-ring (bicyclic) bond motifs is 1. The molecule has 0 unspecified atom stereocenters. The first-order valence-electron chi connectivity index (χ1n) is 9.81. The Morgan fingerprint density at radius 1 is 1.07 bits per heavy atom. The van der Waals surface area contributed by atoms with Gasteiger partial charge in [-0.2, -0.15) is 0 Å². The summed E-state index contributed by atoms with van der Waals surface area (Å²) in [6, 6.07) is 15.1. The Hall–Kier alpha value is -3.05. The predicted molar refractivity (Wildman–Crippen MR) is 116 cm³/mol. The molecule has 2 heterocycles. The van der Waals surface area contributed by atoms with Gasteiger partial charge in [-0.3, -0.25) is 9.36 Å². The molecule has 4 aromatic rings. The normalized spacial score (nSPS) is 13.9. The fraction of sp³-hybridized carbons (Fsp3) is 0.217. The largest absolute Gasteiger partial charge is 0.330 e. The fourth-order valence-corrected chi connectivity index (χ4v) is 4.18. The summed E-state index contributed by atoms with van der Waals surface area (Å²) in [7, 11) is 0. The highest BCUT2D eigenvalue weighted by molar-refractivity contribution is 6.30. The van der Waals surface area contributed by atoms with Gasteiger partial charge >= 0.3 is 5.69 Å². The average molecular weight is 406 g/mol. The summed E-state index contributed by atoms with van der Waals surface area (Å²) in [6.45, 7) is 2.58. The van der Waals surface area contributed by atoms with Crippen molar-refractivity contribution >= 4 is 22.5 Å². The van der Waals surface area contributed by atoms with Crippen LogP contribution in [0.4, 0.5) is 0 Å². The number of nitrogens with zero attached hydrogens (tertiary/aromatic N) is 2. The first-order valence-corrected chi connectivity index (χ1v) is 10.2. The van der Waals surface area contributed by atoms with Crippen LogP contribution in [0, 0.1) is 0 Å². The highest BCUT2D eigenvalue weighted by atomic mass is 35.5. The molecule has 1 aliphatic rings. The van der Waals surface area contributed by atoms with Gasteiger partial charge in [0.2, 0.25) is 0 Å². The minimum Gasteiger partial charge on any atom is -0.312 e. The lowest BCUT2D eigenvalue weighted by Crippen LogP contribution is -2.20. The number of benzene rings is 2. The molecule has 146 valence electrons. The Bertz CT molecular complexity index is 1340. The van der Waals surface area contributed by atoms with Crippen LogP contribution in [-0.2, 0) is 6.54 Å². The van der Waals surface area contributed by atoms with E-state index in [1.165, 1.54) is 0 Å². The molecule has 0 aliphatic heterocycles. The molecular formula is C23H20ClN3O2. The Morgan fingerprint density at radius 2 is 1.83 bits per heavy atom. The van der Waals surface area contributed by atoms with Crippen LogP contribution in [0.3, 0.4) is 0 Å². The van der Waals surface area contributed by atoms with Crippen molar-refractivity contribution in [2.75, 3.05) is 0 Å². The molecule has 29 heavy (non-hydrogen) atoms. The lowest BCUT2D eigenvalue weighted by Gasteiger charge is -2.14. The van der Waals surface area contributed by atoms with E-state index in [4.69, 9.17) is 11.6 Å². The summed E-state index contributed by atoms with van der Waals surface area (Å²) in [5.41, 5.74) is 4.28. The Labute approximate surface area is 172 Å². The summed E-state index contributed by atoms with van der Waals surface area (Å²) >= 11 is 6.02. The van der Waals surface area contributed by atoms with Crippen LogP contribution in [0.25, 0.3) is 27.8 Å². The van der Waals surface area contributed by atoms with Crippen molar-refractivity contribution in [2.24, 2.45) is 0 Å².